The highest BCUT2D eigenvalue weighted by atomic mass is 19.2. The largest absolute Gasteiger partial charge is 0.369 e. The zero-order valence-electron chi connectivity index (χ0n) is 18.0. The molecule has 0 radical (unpaired) electrons. The number of hydrogen-bond acceptors (Lipinski definition) is 4. The van der Waals surface area contributed by atoms with Crippen LogP contribution in [0.5, 0.6) is 0 Å². The van der Waals surface area contributed by atoms with Crippen LogP contribution in [0.2, 0.25) is 0 Å². The number of nitrogens with one attached hydrogen (secondary N) is 1. The maximum absolute atomic E-state index is 13.5. The van der Waals surface area contributed by atoms with E-state index < -0.39 is 11.6 Å². The van der Waals surface area contributed by atoms with Gasteiger partial charge in [0.25, 0.3) is 0 Å². The van der Waals surface area contributed by atoms with E-state index in [4.69, 9.17) is 10.7 Å². The maximum Gasteiger partial charge on any atom is 0.159 e. The molecule has 0 bridgehead atoms. The Balaban J connectivity index is 1.68. The van der Waals surface area contributed by atoms with Gasteiger partial charge >= 0.3 is 0 Å². The van der Waals surface area contributed by atoms with Crippen LogP contribution in [0.4, 0.5) is 14.6 Å². The lowest BCUT2D eigenvalue weighted by Gasteiger charge is -2.12. The number of rotatable bonds is 8. The minimum atomic E-state index is -0.884. The summed E-state index contributed by atoms with van der Waals surface area (Å²) in [6.45, 7) is 2.84. The van der Waals surface area contributed by atoms with Crippen LogP contribution >= 0.6 is 0 Å². The van der Waals surface area contributed by atoms with Crippen molar-refractivity contribution in [2.24, 2.45) is 5.73 Å². The van der Waals surface area contributed by atoms with Crippen molar-refractivity contribution in [1.82, 2.24) is 9.97 Å². The molecular formula is C26H26F2N4. The Labute approximate surface area is 186 Å². The van der Waals surface area contributed by atoms with Crippen LogP contribution in [-0.4, -0.2) is 22.6 Å². The van der Waals surface area contributed by atoms with Gasteiger partial charge in [-0.15, -0.1) is 0 Å². The van der Waals surface area contributed by atoms with E-state index in [2.05, 4.69) is 29.4 Å². The van der Waals surface area contributed by atoms with E-state index in [0.717, 1.165) is 65.4 Å². The summed E-state index contributed by atoms with van der Waals surface area (Å²) in [4.78, 5) is 9.38. The molecule has 3 N–H and O–H groups in total. The second-order valence-electron chi connectivity index (χ2n) is 7.89. The topological polar surface area (TPSA) is 63.8 Å². The van der Waals surface area contributed by atoms with Crippen molar-refractivity contribution in [1.29, 1.82) is 0 Å². The number of halogens is 2. The molecule has 6 heteroatoms. The summed E-state index contributed by atoms with van der Waals surface area (Å²) < 4.78 is 26.7. The van der Waals surface area contributed by atoms with Gasteiger partial charge in [0.2, 0.25) is 0 Å². The van der Waals surface area contributed by atoms with Gasteiger partial charge < -0.3 is 11.1 Å². The van der Waals surface area contributed by atoms with E-state index in [-0.39, 0.29) is 6.04 Å². The molecule has 0 saturated heterocycles. The number of hydrogen-bond donors (Lipinski definition) is 2. The van der Waals surface area contributed by atoms with Crippen LogP contribution < -0.4 is 11.1 Å². The first kappa shape index (κ1) is 21.8. The molecule has 1 aromatic heterocycles. The molecule has 0 aliphatic heterocycles. The van der Waals surface area contributed by atoms with Crippen LogP contribution in [-0.2, 0) is 0 Å². The first-order chi connectivity index (χ1) is 15.5. The summed E-state index contributed by atoms with van der Waals surface area (Å²) >= 11 is 0. The number of anilines is 1. The highest BCUT2D eigenvalue weighted by molar-refractivity contribution is 6.01. The Morgan fingerprint density at radius 3 is 2.50 bits per heavy atom. The Morgan fingerprint density at radius 2 is 1.75 bits per heavy atom. The van der Waals surface area contributed by atoms with E-state index >= 15 is 0 Å². The molecule has 4 rings (SSSR count). The van der Waals surface area contributed by atoms with Gasteiger partial charge in [0, 0.05) is 18.0 Å². The predicted molar refractivity (Wildman–Crippen MR) is 128 cm³/mol. The van der Waals surface area contributed by atoms with E-state index in [1.165, 1.54) is 6.07 Å². The van der Waals surface area contributed by atoms with Crippen LogP contribution in [0.15, 0.2) is 54.6 Å². The van der Waals surface area contributed by atoms with Gasteiger partial charge in [-0.3, -0.25) is 0 Å². The predicted octanol–water partition coefficient (Wildman–Crippen LogP) is 6.16. The third kappa shape index (κ3) is 5.08. The van der Waals surface area contributed by atoms with Crippen molar-refractivity contribution in [3.8, 4) is 0 Å². The molecule has 0 amide bonds. The monoisotopic (exact) mass is 432 g/mol. The molecule has 4 aromatic rings. The van der Waals surface area contributed by atoms with Crippen LogP contribution in [0, 0.1) is 11.6 Å². The van der Waals surface area contributed by atoms with Crippen LogP contribution in [0.25, 0.3) is 33.8 Å². The Kier molecular flexibility index (Phi) is 6.71. The van der Waals surface area contributed by atoms with Gasteiger partial charge in [-0.2, -0.15) is 0 Å². The van der Waals surface area contributed by atoms with E-state index in [9.17, 15) is 8.78 Å². The van der Waals surface area contributed by atoms with Crippen molar-refractivity contribution in [2.75, 3.05) is 11.9 Å². The lowest BCUT2D eigenvalue weighted by Crippen LogP contribution is -2.19. The molecule has 0 saturated carbocycles. The highest BCUT2D eigenvalue weighted by Gasteiger charge is 2.09. The first-order valence-corrected chi connectivity index (χ1v) is 10.9. The summed E-state index contributed by atoms with van der Waals surface area (Å²) in [6.07, 6.45) is 6.22. The average molecular weight is 433 g/mol. The normalized spacial score (nSPS) is 12.6. The van der Waals surface area contributed by atoms with Crippen LogP contribution in [0.3, 0.4) is 0 Å². The molecule has 164 valence electrons. The van der Waals surface area contributed by atoms with Gasteiger partial charge in [-0.05, 0) is 65.9 Å². The molecule has 1 atom stereocenters. The van der Waals surface area contributed by atoms with E-state index in [0.29, 0.717) is 11.4 Å². The lowest BCUT2D eigenvalue weighted by molar-refractivity contribution is 0.508. The lowest BCUT2D eigenvalue weighted by atomic mass is 10.1. The molecule has 1 heterocycles. The van der Waals surface area contributed by atoms with Crippen molar-refractivity contribution < 1.29 is 8.78 Å². The molecular weight excluding hydrogens is 406 g/mol. The number of aromatic nitrogens is 2. The van der Waals surface area contributed by atoms with Gasteiger partial charge in [0.15, 0.2) is 17.5 Å². The number of nitrogens with two attached hydrogens (primary N) is 1. The fourth-order valence-corrected chi connectivity index (χ4v) is 3.60. The van der Waals surface area contributed by atoms with Gasteiger partial charge in [0.1, 0.15) is 5.82 Å². The second-order valence-corrected chi connectivity index (χ2v) is 7.89. The van der Waals surface area contributed by atoms with Crippen molar-refractivity contribution in [3.63, 3.8) is 0 Å². The molecule has 32 heavy (non-hydrogen) atoms. The molecule has 0 spiro atoms. The van der Waals surface area contributed by atoms with Gasteiger partial charge in [-0.25, -0.2) is 18.7 Å². The standard InChI is InChI=1S/C26H26F2N4/c1-2-20(29)8-5-13-30-26-21-15-18-6-3-4-7-19(18)16-24(21)31-25(32-26)12-10-17-9-11-22(27)23(28)14-17/h3-4,6-7,9-12,14-16,20H,2,5,8,13,29H2,1H3,(H,30,31,32)/b12-10+. The quantitative estimate of drug-likeness (QED) is 0.258. The fourth-order valence-electron chi connectivity index (χ4n) is 3.60. The molecule has 0 aliphatic carbocycles. The molecule has 3 aromatic carbocycles. The summed E-state index contributed by atoms with van der Waals surface area (Å²) in [7, 11) is 0. The van der Waals surface area contributed by atoms with Crippen LogP contribution in [0.1, 0.15) is 37.6 Å². The Hall–Kier alpha value is -3.38. The Bertz CT molecular complexity index is 1270. The smallest absolute Gasteiger partial charge is 0.159 e. The Morgan fingerprint density at radius 1 is 0.969 bits per heavy atom. The van der Waals surface area contributed by atoms with Crippen molar-refractivity contribution in [3.05, 3.63) is 77.6 Å². The zero-order chi connectivity index (χ0) is 22.5. The number of benzene rings is 3. The second kappa shape index (κ2) is 9.83. The fraction of sp³-hybridized carbons (Fsp3) is 0.231. The average Bonchev–Trinajstić information content (AvgIpc) is 2.81. The van der Waals surface area contributed by atoms with Crippen molar-refractivity contribution in [2.45, 2.75) is 32.2 Å². The zero-order valence-corrected chi connectivity index (χ0v) is 18.0. The minimum Gasteiger partial charge on any atom is -0.369 e. The third-order valence-corrected chi connectivity index (χ3v) is 5.52. The number of nitrogens with zero attached hydrogens (tertiary/aromatic N) is 2. The minimum absolute atomic E-state index is 0.206. The van der Waals surface area contributed by atoms with E-state index in [1.54, 1.807) is 12.2 Å². The van der Waals surface area contributed by atoms with Gasteiger partial charge in [0.05, 0.1) is 5.52 Å². The summed E-state index contributed by atoms with van der Waals surface area (Å²) in [5, 5.41) is 6.58. The molecule has 0 aliphatic rings. The first-order valence-electron chi connectivity index (χ1n) is 10.9. The summed E-state index contributed by atoms with van der Waals surface area (Å²) in [5.41, 5.74) is 7.38. The molecule has 4 nitrogen and oxygen atoms in total. The SMILES string of the molecule is CCC(N)CCCNc1nc(/C=C/c2ccc(F)c(F)c2)nc2cc3ccccc3cc12. The van der Waals surface area contributed by atoms with Gasteiger partial charge in [-0.1, -0.05) is 43.3 Å². The summed E-state index contributed by atoms with van der Waals surface area (Å²) in [6, 6.07) is 16.2. The molecule has 1 unspecified atom stereocenters. The maximum atomic E-state index is 13.5. The summed E-state index contributed by atoms with van der Waals surface area (Å²) in [5.74, 6) is -0.517. The molecule has 0 fully saturated rings. The highest BCUT2D eigenvalue weighted by Crippen LogP contribution is 2.27. The number of fused-ring (bicyclic) bond motifs is 2. The van der Waals surface area contributed by atoms with Crippen molar-refractivity contribution >= 4 is 39.6 Å². The third-order valence-electron chi connectivity index (χ3n) is 5.52. The van der Waals surface area contributed by atoms with E-state index in [1.807, 2.05) is 24.3 Å².